The summed E-state index contributed by atoms with van der Waals surface area (Å²) in [7, 11) is 0. The molecule has 0 fully saturated rings. The van der Waals surface area contributed by atoms with Crippen molar-refractivity contribution in [2.75, 3.05) is 0 Å². The molecule has 0 aliphatic carbocycles. The molecule has 8 heteroatoms. The van der Waals surface area contributed by atoms with Crippen molar-refractivity contribution in [1.29, 1.82) is 0 Å². The number of nitrogens with zero attached hydrogens (tertiary/aromatic N) is 3. The minimum absolute atomic E-state index is 0.866. The van der Waals surface area contributed by atoms with E-state index in [1.165, 1.54) is 0 Å². The largest absolute Gasteiger partial charge is 0.354 e. The van der Waals surface area contributed by atoms with E-state index in [-0.39, 0.29) is 0 Å². The molecule has 0 unspecified atom stereocenters. The summed E-state index contributed by atoms with van der Waals surface area (Å²) in [6, 6.07) is 18.5. The van der Waals surface area contributed by atoms with Gasteiger partial charge in [0.25, 0.3) is 0 Å². The van der Waals surface area contributed by atoms with Gasteiger partial charge in [0.1, 0.15) is 0 Å². The van der Waals surface area contributed by atoms with E-state index in [1.807, 2.05) is 58.2 Å². The van der Waals surface area contributed by atoms with E-state index in [0.717, 1.165) is 69.4 Å². The quantitative estimate of drug-likeness (QED) is 0.186. The van der Waals surface area contributed by atoms with Crippen LogP contribution in [0.15, 0.2) is 68.0 Å². The van der Waals surface area contributed by atoms with E-state index in [4.69, 9.17) is 9.97 Å². The van der Waals surface area contributed by atoms with Crippen molar-refractivity contribution in [3.05, 3.63) is 90.8 Å². The van der Waals surface area contributed by atoms with Crippen LogP contribution in [0.1, 0.15) is 22.8 Å². The van der Waals surface area contributed by atoms with E-state index < -0.39 is 0 Å². The number of aromatic nitrogens is 4. The van der Waals surface area contributed by atoms with E-state index in [1.54, 1.807) is 0 Å². The predicted octanol–water partition coefficient (Wildman–Crippen LogP) is 9.24. The molecule has 0 atom stereocenters. The maximum atomic E-state index is 4.81. The molecule has 6 rings (SSSR count). The maximum absolute atomic E-state index is 4.81. The number of rotatable bonds is 1. The smallest absolute Gasteiger partial charge is 0.0838 e. The van der Waals surface area contributed by atoms with Gasteiger partial charge >= 0.3 is 0 Å². The molecule has 3 aromatic heterocycles. The van der Waals surface area contributed by atoms with Gasteiger partial charge < -0.3 is 4.98 Å². The van der Waals surface area contributed by atoms with Crippen molar-refractivity contribution in [1.82, 2.24) is 18.5 Å². The highest BCUT2D eigenvalue weighted by atomic mass is 79.9. The Morgan fingerprint density at radius 1 is 0.706 bits per heavy atom. The van der Waals surface area contributed by atoms with Crippen LogP contribution in [0.4, 0.5) is 0 Å². The molecule has 166 valence electrons. The Balaban J connectivity index is 1.82. The number of fused-ring (bicyclic) bond motifs is 8. The van der Waals surface area contributed by atoms with Crippen molar-refractivity contribution < 1.29 is 0 Å². The molecule has 8 bridgehead atoms. The molecule has 0 saturated carbocycles. The van der Waals surface area contributed by atoms with Gasteiger partial charge in [0.15, 0.2) is 0 Å². The van der Waals surface area contributed by atoms with Crippen LogP contribution >= 0.6 is 63.9 Å². The SMILES string of the molecule is Brc1cc2cc3nc(cc4nc(cc5c(-c6ccccc6)c(Br)c(c(Br)c1[nH]2)n5Br)C=C4)C=C3. The number of aromatic amines is 1. The van der Waals surface area contributed by atoms with Crippen LogP contribution in [0.3, 0.4) is 0 Å². The first kappa shape index (κ1) is 22.2. The molecule has 2 aliphatic rings. The zero-order valence-electron chi connectivity index (χ0n) is 17.4. The van der Waals surface area contributed by atoms with Crippen LogP contribution in [0.5, 0.6) is 0 Å². The monoisotopic (exact) mass is 698 g/mol. The number of nitrogens with one attached hydrogen (secondary N) is 1. The minimum Gasteiger partial charge on any atom is -0.354 e. The van der Waals surface area contributed by atoms with Gasteiger partial charge in [-0.2, -0.15) is 0 Å². The van der Waals surface area contributed by atoms with Gasteiger partial charge in [-0.15, -0.1) is 0 Å². The highest BCUT2D eigenvalue weighted by molar-refractivity contribution is 9.12. The van der Waals surface area contributed by atoms with Crippen molar-refractivity contribution in [2.45, 2.75) is 0 Å². The van der Waals surface area contributed by atoms with Crippen molar-refractivity contribution in [3.63, 3.8) is 0 Å². The summed E-state index contributed by atoms with van der Waals surface area (Å²) in [6.45, 7) is 0. The summed E-state index contributed by atoms with van der Waals surface area (Å²) in [6.07, 6.45) is 8.04. The third-order valence-electron chi connectivity index (χ3n) is 5.62. The van der Waals surface area contributed by atoms with Crippen LogP contribution in [0, 0.1) is 0 Å². The average molecular weight is 702 g/mol. The Kier molecular flexibility index (Phi) is 5.72. The Bertz CT molecular complexity index is 1700. The van der Waals surface area contributed by atoms with Gasteiger partial charge in [-0.1, -0.05) is 30.3 Å². The maximum Gasteiger partial charge on any atom is 0.0838 e. The fourth-order valence-corrected chi connectivity index (χ4v) is 7.77. The molecule has 0 saturated heterocycles. The molecule has 2 aliphatic heterocycles. The summed E-state index contributed by atoms with van der Waals surface area (Å²) < 4.78 is 4.81. The lowest BCUT2D eigenvalue weighted by molar-refractivity contribution is 1.27. The number of H-pyrrole nitrogens is 1. The number of benzene rings is 1. The van der Waals surface area contributed by atoms with Gasteiger partial charge in [0.05, 0.1) is 64.4 Å². The summed E-state index contributed by atoms with van der Waals surface area (Å²) in [5, 5.41) is 0. The molecule has 1 aromatic carbocycles. The van der Waals surface area contributed by atoms with E-state index in [0.29, 0.717) is 0 Å². The van der Waals surface area contributed by atoms with Gasteiger partial charge in [0, 0.05) is 15.6 Å². The van der Waals surface area contributed by atoms with Crippen molar-refractivity contribution >= 4 is 110 Å². The summed E-state index contributed by atoms with van der Waals surface area (Å²) >= 11 is 15.3. The second kappa shape index (κ2) is 8.75. The van der Waals surface area contributed by atoms with Crippen LogP contribution in [0.25, 0.3) is 57.5 Å². The zero-order valence-corrected chi connectivity index (χ0v) is 23.7. The lowest BCUT2D eigenvalue weighted by Gasteiger charge is -2.00. The van der Waals surface area contributed by atoms with Crippen molar-refractivity contribution in [3.8, 4) is 11.1 Å². The summed E-state index contributed by atoms with van der Waals surface area (Å²) in [4.78, 5) is 13.0. The summed E-state index contributed by atoms with van der Waals surface area (Å²) in [5.74, 6) is 0. The van der Waals surface area contributed by atoms with Crippen LogP contribution in [-0.4, -0.2) is 18.5 Å². The average Bonchev–Trinajstić information content (AvgIpc) is 3.58. The first-order valence-corrected chi connectivity index (χ1v) is 13.5. The third-order valence-corrected chi connectivity index (χ3v) is 8.53. The highest BCUT2D eigenvalue weighted by Crippen LogP contribution is 2.43. The highest BCUT2D eigenvalue weighted by Gasteiger charge is 2.19. The van der Waals surface area contributed by atoms with E-state index in [9.17, 15) is 0 Å². The van der Waals surface area contributed by atoms with Crippen LogP contribution in [-0.2, 0) is 0 Å². The van der Waals surface area contributed by atoms with E-state index in [2.05, 4.69) is 93.2 Å². The second-order valence-electron chi connectivity index (χ2n) is 7.85. The predicted molar refractivity (Wildman–Crippen MR) is 155 cm³/mol. The standard InChI is InChI=1S/C26H14Br4N4/c27-20-12-19-11-17-7-6-15(31-17)10-16-8-9-18(32-16)13-21-22(14-4-2-1-3-5-14)23(28)26(34(21)30)24(29)25(20)33-19/h1-13,33H. The topological polar surface area (TPSA) is 46.5 Å². The molecular weight excluding hydrogens is 688 g/mol. The van der Waals surface area contributed by atoms with Gasteiger partial charge in [0.2, 0.25) is 0 Å². The van der Waals surface area contributed by atoms with Gasteiger partial charge in [-0.25, -0.2) is 9.97 Å². The molecule has 0 spiro atoms. The Hall–Kier alpha value is -2.26. The lowest BCUT2D eigenvalue weighted by atomic mass is 10.1. The number of hydrogen-bond acceptors (Lipinski definition) is 2. The zero-order chi connectivity index (χ0) is 23.4. The summed E-state index contributed by atoms with van der Waals surface area (Å²) in [5.41, 5.74) is 9.46. The second-order valence-corrected chi connectivity index (χ2v) is 11.0. The first-order chi connectivity index (χ1) is 16.5. The molecule has 5 heterocycles. The Labute approximate surface area is 229 Å². The number of hydrogen-bond donors (Lipinski definition) is 1. The molecule has 4 aromatic rings. The molecule has 0 amide bonds. The fourth-order valence-electron chi connectivity index (χ4n) is 4.09. The fraction of sp³-hybridized carbons (Fsp3) is 0. The first-order valence-electron chi connectivity index (χ1n) is 10.4. The lowest BCUT2D eigenvalue weighted by Crippen LogP contribution is -1.82. The van der Waals surface area contributed by atoms with E-state index >= 15 is 0 Å². The van der Waals surface area contributed by atoms with Crippen LogP contribution < -0.4 is 0 Å². The van der Waals surface area contributed by atoms with Crippen molar-refractivity contribution in [2.24, 2.45) is 0 Å². The number of halogens is 4. The normalized spacial score (nSPS) is 12.5. The Morgan fingerprint density at radius 2 is 1.32 bits per heavy atom. The minimum atomic E-state index is 0.866. The molecular formula is C26H14Br4N4. The third kappa shape index (κ3) is 3.86. The molecule has 0 radical (unpaired) electrons. The molecule has 34 heavy (non-hydrogen) atoms. The molecule has 1 N–H and O–H groups in total. The van der Waals surface area contributed by atoms with Gasteiger partial charge in [-0.05, 0) is 102 Å². The molecule has 4 nitrogen and oxygen atoms in total. The van der Waals surface area contributed by atoms with Crippen LogP contribution in [0.2, 0.25) is 0 Å². The van der Waals surface area contributed by atoms with Gasteiger partial charge in [-0.3, -0.25) is 3.59 Å². The Morgan fingerprint density at radius 3 is 2.00 bits per heavy atom.